The summed E-state index contributed by atoms with van der Waals surface area (Å²) in [5, 5.41) is 2.46. The molecule has 9 aromatic carbocycles. The standard InChI is InChI=1S/C62H52N4S/c1-61(2,3)48-25-17-43(18-26-48)44-19-29-50(30-20-44)65(51-33-27-49(28-34-51)62(4,5)6)58-38-35-53(59-60(58)64-67-63-59)45-21-31-52(32-22-45)66-56-36-23-46(41-13-9-7-10-14-41)39-54(56)55-40-47(24-37-57(55)66)42-15-11-8-12-16-42/h7-40H,1-6H3. The molecule has 0 saturated carbocycles. The third kappa shape index (κ3) is 7.89. The van der Waals surface area contributed by atoms with Gasteiger partial charge in [-0.1, -0.05) is 175 Å². The predicted molar refractivity (Wildman–Crippen MR) is 286 cm³/mol. The van der Waals surface area contributed by atoms with Crippen molar-refractivity contribution in [2.24, 2.45) is 0 Å². The molecule has 0 atom stereocenters. The Morgan fingerprint density at radius 1 is 0.388 bits per heavy atom. The van der Waals surface area contributed by atoms with Gasteiger partial charge in [0.1, 0.15) is 11.0 Å². The van der Waals surface area contributed by atoms with Crippen LogP contribution in [-0.2, 0) is 10.8 Å². The zero-order valence-corrected chi connectivity index (χ0v) is 39.6. The molecule has 67 heavy (non-hydrogen) atoms. The molecule has 326 valence electrons. The molecule has 0 radical (unpaired) electrons. The molecule has 0 N–H and O–H groups in total. The van der Waals surface area contributed by atoms with Gasteiger partial charge in [0.05, 0.1) is 28.4 Å². The molecule has 0 saturated heterocycles. The number of fused-ring (bicyclic) bond motifs is 4. The van der Waals surface area contributed by atoms with Gasteiger partial charge in [0, 0.05) is 33.4 Å². The van der Waals surface area contributed by atoms with Crippen molar-refractivity contribution >= 4 is 61.6 Å². The van der Waals surface area contributed by atoms with Gasteiger partial charge in [-0.05, 0) is 134 Å². The van der Waals surface area contributed by atoms with Crippen LogP contribution < -0.4 is 4.90 Å². The second kappa shape index (κ2) is 16.7. The van der Waals surface area contributed by atoms with Crippen molar-refractivity contribution in [2.45, 2.75) is 52.4 Å². The highest BCUT2D eigenvalue weighted by Gasteiger charge is 2.23. The van der Waals surface area contributed by atoms with Gasteiger partial charge in [0.25, 0.3) is 0 Å². The highest BCUT2D eigenvalue weighted by atomic mass is 32.1. The van der Waals surface area contributed by atoms with Gasteiger partial charge < -0.3 is 9.47 Å². The van der Waals surface area contributed by atoms with Crippen molar-refractivity contribution in [1.82, 2.24) is 13.3 Å². The first-order valence-corrected chi connectivity index (χ1v) is 23.9. The maximum Gasteiger partial charge on any atom is 0.129 e. The Labute approximate surface area is 397 Å². The summed E-state index contributed by atoms with van der Waals surface area (Å²) < 4.78 is 12.4. The van der Waals surface area contributed by atoms with Crippen molar-refractivity contribution in [3.8, 4) is 50.2 Å². The lowest BCUT2D eigenvalue weighted by Crippen LogP contribution is -2.13. The summed E-state index contributed by atoms with van der Waals surface area (Å²) in [4.78, 5) is 2.32. The van der Waals surface area contributed by atoms with E-state index in [1.54, 1.807) is 0 Å². The molecule has 0 spiro atoms. The molecule has 11 rings (SSSR count). The molecular formula is C62H52N4S. The summed E-state index contributed by atoms with van der Waals surface area (Å²) >= 11 is 1.26. The van der Waals surface area contributed by atoms with Gasteiger partial charge in [-0.25, -0.2) is 0 Å². The lowest BCUT2D eigenvalue weighted by molar-refractivity contribution is 0.590. The summed E-state index contributed by atoms with van der Waals surface area (Å²) in [6.45, 7) is 13.5. The quantitative estimate of drug-likeness (QED) is 0.152. The lowest BCUT2D eigenvalue weighted by Gasteiger charge is -2.27. The molecular weight excluding hydrogens is 833 g/mol. The minimum Gasteiger partial charge on any atom is -0.309 e. The van der Waals surface area contributed by atoms with E-state index in [4.69, 9.17) is 8.75 Å². The van der Waals surface area contributed by atoms with Gasteiger partial charge >= 0.3 is 0 Å². The van der Waals surface area contributed by atoms with E-state index in [0.717, 1.165) is 44.9 Å². The van der Waals surface area contributed by atoms with Crippen molar-refractivity contribution in [3.05, 3.63) is 217 Å². The van der Waals surface area contributed by atoms with E-state index in [2.05, 4.69) is 257 Å². The van der Waals surface area contributed by atoms with E-state index in [1.807, 2.05) is 0 Å². The Morgan fingerprint density at radius 3 is 1.31 bits per heavy atom. The average molecular weight is 885 g/mol. The van der Waals surface area contributed by atoms with Crippen molar-refractivity contribution in [3.63, 3.8) is 0 Å². The molecule has 2 aromatic heterocycles. The topological polar surface area (TPSA) is 34.0 Å². The second-order valence-electron chi connectivity index (χ2n) is 19.7. The van der Waals surface area contributed by atoms with Crippen LogP contribution in [0.1, 0.15) is 52.7 Å². The largest absolute Gasteiger partial charge is 0.309 e. The molecule has 0 bridgehead atoms. The third-order valence-corrected chi connectivity index (χ3v) is 13.8. The van der Waals surface area contributed by atoms with Crippen molar-refractivity contribution in [2.75, 3.05) is 4.90 Å². The van der Waals surface area contributed by atoms with Crippen molar-refractivity contribution < 1.29 is 0 Å². The molecule has 0 aliphatic rings. The van der Waals surface area contributed by atoms with E-state index >= 15 is 0 Å². The number of rotatable bonds is 8. The first kappa shape index (κ1) is 42.1. The van der Waals surface area contributed by atoms with Crippen LogP contribution in [0.15, 0.2) is 206 Å². The van der Waals surface area contributed by atoms with Gasteiger partial charge in [-0.15, -0.1) is 0 Å². The normalized spacial score (nSPS) is 12.0. The fourth-order valence-electron chi connectivity index (χ4n) is 9.48. The van der Waals surface area contributed by atoms with E-state index in [0.29, 0.717) is 0 Å². The maximum absolute atomic E-state index is 5.00. The summed E-state index contributed by atoms with van der Waals surface area (Å²) in [5.74, 6) is 0. The molecule has 11 aromatic rings. The van der Waals surface area contributed by atoms with Crippen LogP contribution in [0, 0.1) is 0 Å². The van der Waals surface area contributed by atoms with Crippen LogP contribution in [0.4, 0.5) is 17.1 Å². The Morgan fingerprint density at radius 2 is 0.806 bits per heavy atom. The highest BCUT2D eigenvalue weighted by molar-refractivity contribution is 7.00. The maximum atomic E-state index is 5.00. The molecule has 4 nitrogen and oxygen atoms in total. The Kier molecular flexibility index (Phi) is 10.5. The Hall–Kier alpha value is -7.60. The van der Waals surface area contributed by atoms with Crippen LogP contribution in [0.25, 0.3) is 83.0 Å². The number of aromatic nitrogens is 3. The average Bonchev–Trinajstić information content (AvgIpc) is 3.98. The van der Waals surface area contributed by atoms with Gasteiger partial charge in [-0.2, -0.15) is 8.75 Å². The molecule has 0 unspecified atom stereocenters. The zero-order chi connectivity index (χ0) is 45.9. The number of nitrogens with zero attached hydrogens (tertiary/aromatic N) is 4. The summed E-state index contributed by atoms with van der Waals surface area (Å²) in [6.07, 6.45) is 0. The summed E-state index contributed by atoms with van der Waals surface area (Å²) in [6, 6.07) is 75.3. The SMILES string of the molecule is CC(C)(C)c1ccc(-c2ccc(N(c3ccc(C(C)(C)C)cc3)c3ccc(-c4ccc(-n5c6ccc(-c7ccccc7)cc6c6cc(-c7ccccc7)ccc65)cc4)c4nsnc34)cc2)cc1. The van der Waals surface area contributed by atoms with Gasteiger partial charge in [0.15, 0.2) is 0 Å². The minimum atomic E-state index is 0.0379. The number of anilines is 3. The van der Waals surface area contributed by atoms with Crippen molar-refractivity contribution in [1.29, 1.82) is 0 Å². The number of hydrogen-bond acceptors (Lipinski definition) is 4. The highest BCUT2D eigenvalue weighted by Crippen LogP contribution is 2.43. The van der Waals surface area contributed by atoms with E-state index in [1.165, 1.54) is 78.0 Å². The van der Waals surface area contributed by atoms with Gasteiger partial charge in [-0.3, -0.25) is 0 Å². The first-order valence-electron chi connectivity index (χ1n) is 23.1. The van der Waals surface area contributed by atoms with E-state index in [9.17, 15) is 0 Å². The van der Waals surface area contributed by atoms with Crippen LogP contribution in [-0.4, -0.2) is 13.3 Å². The smallest absolute Gasteiger partial charge is 0.129 e. The molecule has 5 heteroatoms. The Bertz CT molecular complexity index is 3440. The first-order chi connectivity index (χ1) is 32.5. The number of benzene rings is 9. The summed E-state index contributed by atoms with van der Waals surface area (Å²) in [5.41, 5.74) is 20.5. The van der Waals surface area contributed by atoms with Crippen LogP contribution in [0.3, 0.4) is 0 Å². The molecule has 0 amide bonds. The number of hydrogen-bond donors (Lipinski definition) is 0. The molecule has 2 heterocycles. The summed E-state index contributed by atoms with van der Waals surface area (Å²) in [7, 11) is 0. The zero-order valence-electron chi connectivity index (χ0n) is 38.8. The van der Waals surface area contributed by atoms with E-state index < -0.39 is 0 Å². The Balaban J connectivity index is 0.981. The van der Waals surface area contributed by atoms with Crippen LogP contribution >= 0.6 is 11.7 Å². The lowest BCUT2D eigenvalue weighted by atomic mass is 9.86. The van der Waals surface area contributed by atoms with Crippen LogP contribution in [0.2, 0.25) is 0 Å². The molecule has 0 fully saturated rings. The van der Waals surface area contributed by atoms with Crippen LogP contribution in [0.5, 0.6) is 0 Å². The third-order valence-electron chi connectivity index (χ3n) is 13.3. The van der Waals surface area contributed by atoms with E-state index in [-0.39, 0.29) is 10.8 Å². The minimum absolute atomic E-state index is 0.0379. The fourth-order valence-corrected chi connectivity index (χ4v) is 10.1. The monoisotopic (exact) mass is 884 g/mol. The van der Waals surface area contributed by atoms with Gasteiger partial charge in [0.2, 0.25) is 0 Å². The fraction of sp³-hybridized carbons (Fsp3) is 0.129. The molecule has 0 aliphatic heterocycles. The second-order valence-corrected chi connectivity index (χ2v) is 20.2. The molecule has 0 aliphatic carbocycles. The predicted octanol–water partition coefficient (Wildman–Crippen LogP) is 17.5.